The number of para-hydroxylation sites is 1. The van der Waals surface area contributed by atoms with Crippen molar-refractivity contribution in [3.63, 3.8) is 0 Å². The van der Waals surface area contributed by atoms with Crippen molar-refractivity contribution in [3.05, 3.63) is 102 Å². The van der Waals surface area contributed by atoms with Gasteiger partial charge in [0, 0.05) is 33.1 Å². The van der Waals surface area contributed by atoms with Crippen molar-refractivity contribution in [1.82, 2.24) is 30.6 Å². The van der Waals surface area contributed by atoms with E-state index in [1.54, 1.807) is 59.2 Å². The Morgan fingerprint density at radius 2 is 1.80 bits per heavy atom. The average molecular weight is 685 g/mol. The van der Waals surface area contributed by atoms with Crippen molar-refractivity contribution in [3.8, 4) is 5.75 Å². The Balaban J connectivity index is 1.53. The van der Waals surface area contributed by atoms with Crippen molar-refractivity contribution < 1.29 is 29.0 Å². The van der Waals surface area contributed by atoms with E-state index in [-0.39, 0.29) is 69.9 Å². The number of nitrogens with two attached hydrogens (primary N) is 1. The third kappa shape index (κ3) is 7.98. The molecule has 0 aliphatic carbocycles. The van der Waals surface area contributed by atoms with E-state index < -0.39 is 24.2 Å². The molecule has 2 atom stereocenters. The first-order valence-electron chi connectivity index (χ1n) is 16.5. The molecule has 2 aliphatic heterocycles. The predicted octanol–water partition coefficient (Wildman–Crippen LogP) is 2.21. The zero-order chi connectivity index (χ0) is 35.8. The Morgan fingerprint density at radius 3 is 2.48 bits per heavy atom. The van der Waals surface area contributed by atoms with E-state index in [2.05, 4.69) is 17.3 Å². The van der Waals surface area contributed by atoms with Crippen LogP contribution in [0.15, 0.2) is 85.5 Å². The van der Waals surface area contributed by atoms with Gasteiger partial charge >= 0.3 is 12.0 Å². The normalized spacial score (nSPS) is 17.7. The lowest BCUT2D eigenvalue weighted by Crippen LogP contribution is -2.76. The summed E-state index contributed by atoms with van der Waals surface area (Å²) in [4.78, 5) is 58.1. The lowest BCUT2D eigenvalue weighted by atomic mass is 9.98. The van der Waals surface area contributed by atoms with Crippen molar-refractivity contribution >= 4 is 35.2 Å². The molecule has 2 heterocycles. The Kier molecular flexibility index (Phi) is 11.6. The summed E-state index contributed by atoms with van der Waals surface area (Å²) in [5, 5.41) is 17.6. The van der Waals surface area contributed by atoms with Gasteiger partial charge in [-0.15, -0.1) is 6.58 Å². The Hall–Kier alpha value is -5.60. The summed E-state index contributed by atoms with van der Waals surface area (Å²) >= 11 is 0. The van der Waals surface area contributed by atoms with E-state index in [0.717, 1.165) is 11.1 Å². The molecule has 3 aromatic carbocycles. The van der Waals surface area contributed by atoms with E-state index in [4.69, 9.17) is 10.5 Å². The zero-order valence-corrected chi connectivity index (χ0v) is 28.3. The van der Waals surface area contributed by atoms with Gasteiger partial charge in [-0.05, 0) is 41.8 Å². The molecular formula is C36H44N8O6. The molecule has 2 saturated heterocycles. The van der Waals surface area contributed by atoms with Gasteiger partial charge in [0.1, 0.15) is 24.5 Å². The summed E-state index contributed by atoms with van der Waals surface area (Å²) in [5.74, 6) is -1.01. The van der Waals surface area contributed by atoms with Crippen LogP contribution in [0.25, 0.3) is 0 Å². The van der Waals surface area contributed by atoms with E-state index in [1.165, 1.54) is 22.0 Å². The largest absolute Gasteiger partial charge is 0.508 e. The lowest BCUT2D eigenvalue weighted by molar-refractivity contribution is -0.189. The van der Waals surface area contributed by atoms with Crippen molar-refractivity contribution in [1.29, 1.82) is 0 Å². The molecule has 0 saturated carbocycles. The van der Waals surface area contributed by atoms with Crippen LogP contribution in [0.5, 0.6) is 5.75 Å². The Bertz CT molecular complexity index is 1690. The number of nitrogen functional groups attached to an aromatic ring is 1. The molecule has 14 nitrogen and oxygen atoms in total. The van der Waals surface area contributed by atoms with Crippen LogP contribution in [0.3, 0.4) is 0 Å². The third-order valence-electron chi connectivity index (χ3n) is 8.67. The molecule has 14 heteroatoms. The van der Waals surface area contributed by atoms with Gasteiger partial charge in [0.2, 0.25) is 11.8 Å². The topological polar surface area (TPSA) is 164 Å². The van der Waals surface area contributed by atoms with Crippen LogP contribution in [0.2, 0.25) is 0 Å². The molecule has 0 unspecified atom stereocenters. The number of anilines is 2. The molecule has 0 bridgehead atoms. The van der Waals surface area contributed by atoms with Crippen LogP contribution in [-0.2, 0) is 38.6 Å². The fraction of sp³-hybridized carbons (Fsp3) is 0.333. The monoisotopic (exact) mass is 684 g/mol. The van der Waals surface area contributed by atoms with E-state index in [1.807, 2.05) is 36.4 Å². The third-order valence-corrected chi connectivity index (χ3v) is 8.67. The number of phenols is 1. The number of nitrogens with zero attached hydrogens (tertiary/aromatic N) is 5. The number of esters is 1. The second-order valence-electron chi connectivity index (χ2n) is 12.0. The standard InChI is InChI=1S/C36H44N8O6/c1-4-18-41-23-32(46)43-30(19-25-14-16-28(45)17-15-25)35(48)40(22-31(43)44(41)36(49)39-20-26-10-7-6-8-11-26)21-27-12-9-13-29(37)34(27)42(38-3)24-33(47)50-5-2/h4,6-17,30-31,38,45H,1,5,18-24,37H2,2-3H3,(H,39,49)/t30-,31-/m0/s1. The Morgan fingerprint density at radius 1 is 1.06 bits per heavy atom. The highest BCUT2D eigenvalue weighted by Gasteiger charge is 2.51. The summed E-state index contributed by atoms with van der Waals surface area (Å²) in [6, 6.07) is 19.8. The molecule has 5 N–H and O–H groups in total. The fourth-order valence-corrected chi connectivity index (χ4v) is 6.43. The molecule has 0 radical (unpaired) electrons. The number of urea groups is 1. The number of carbonyl (C=O) groups excluding carboxylic acids is 4. The number of fused-ring (bicyclic) bond motifs is 1. The minimum absolute atomic E-state index is 0.00524. The van der Waals surface area contributed by atoms with Crippen LogP contribution in [-0.4, -0.2) is 101 Å². The number of amides is 4. The number of hydrazine groups is 2. The maximum atomic E-state index is 14.5. The first-order chi connectivity index (χ1) is 24.1. The second kappa shape index (κ2) is 16.2. The van der Waals surface area contributed by atoms with Crippen LogP contribution in [0, 0.1) is 0 Å². The predicted molar refractivity (Wildman–Crippen MR) is 188 cm³/mol. The molecule has 2 aliphatic rings. The molecule has 0 spiro atoms. The molecule has 5 rings (SSSR count). The number of carbonyl (C=O) groups is 4. The molecular weight excluding hydrogens is 640 g/mol. The minimum Gasteiger partial charge on any atom is -0.508 e. The van der Waals surface area contributed by atoms with Crippen LogP contribution in [0.4, 0.5) is 16.2 Å². The number of phenolic OH excluding ortho intramolecular Hbond substituents is 1. The van der Waals surface area contributed by atoms with Crippen LogP contribution >= 0.6 is 0 Å². The highest BCUT2D eigenvalue weighted by Crippen LogP contribution is 2.33. The van der Waals surface area contributed by atoms with Crippen molar-refractivity contribution in [2.24, 2.45) is 0 Å². The summed E-state index contributed by atoms with van der Waals surface area (Å²) < 4.78 is 5.17. The van der Waals surface area contributed by atoms with Crippen LogP contribution < -0.4 is 21.5 Å². The second-order valence-corrected chi connectivity index (χ2v) is 12.0. The van der Waals surface area contributed by atoms with Gasteiger partial charge in [-0.2, -0.15) is 0 Å². The first kappa shape index (κ1) is 35.7. The Labute approximate surface area is 291 Å². The maximum Gasteiger partial charge on any atom is 0.334 e. The SMILES string of the molecule is C=CCN1CC(=O)N2[C@@H](Cc3ccc(O)cc3)C(=O)N(Cc3cccc(N)c3N(CC(=O)OCC)NC)C[C@@H]2N1C(=O)NCc1ccccc1. The number of benzene rings is 3. The maximum absolute atomic E-state index is 14.5. The number of piperazine rings is 1. The summed E-state index contributed by atoms with van der Waals surface area (Å²) in [6.07, 6.45) is 0.902. The van der Waals surface area contributed by atoms with Gasteiger partial charge < -0.3 is 30.7 Å². The molecule has 50 heavy (non-hydrogen) atoms. The van der Waals surface area contributed by atoms with Gasteiger partial charge in [-0.1, -0.05) is 60.7 Å². The van der Waals surface area contributed by atoms with Gasteiger partial charge in [0.25, 0.3) is 0 Å². The van der Waals surface area contributed by atoms with Gasteiger partial charge in [0.15, 0.2) is 0 Å². The number of nitrogens with one attached hydrogen (secondary N) is 2. The smallest absolute Gasteiger partial charge is 0.334 e. The van der Waals surface area contributed by atoms with E-state index in [9.17, 15) is 24.3 Å². The van der Waals surface area contributed by atoms with Gasteiger partial charge in [-0.25, -0.2) is 20.2 Å². The minimum atomic E-state index is -0.967. The highest BCUT2D eigenvalue weighted by atomic mass is 16.5. The fourth-order valence-electron chi connectivity index (χ4n) is 6.43. The van der Waals surface area contributed by atoms with E-state index >= 15 is 0 Å². The average Bonchev–Trinajstić information content (AvgIpc) is 3.10. The highest BCUT2D eigenvalue weighted by molar-refractivity contribution is 5.92. The van der Waals surface area contributed by atoms with Gasteiger partial charge in [-0.3, -0.25) is 19.4 Å². The molecule has 4 amide bonds. The van der Waals surface area contributed by atoms with Crippen LogP contribution in [0.1, 0.15) is 23.6 Å². The molecule has 3 aromatic rings. The van der Waals surface area contributed by atoms with Crippen molar-refractivity contribution in [2.75, 3.05) is 50.6 Å². The summed E-state index contributed by atoms with van der Waals surface area (Å²) in [5.41, 5.74) is 12.6. The molecule has 264 valence electrons. The zero-order valence-electron chi connectivity index (χ0n) is 28.3. The number of hydrogen-bond acceptors (Lipinski definition) is 10. The number of hydrogen-bond donors (Lipinski definition) is 4. The lowest BCUT2D eigenvalue weighted by Gasteiger charge is -2.55. The van der Waals surface area contributed by atoms with Gasteiger partial charge in [0.05, 0.1) is 31.1 Å². The van der Waals surface area contributed by atoms with E-state index in [0.29, 0.717) is 16.9 Å². The number of ether oxygens (including phenoxy) is 1. The molecule has 0 aromatic heterocycles. The number of rotatable bonds is 13. The molecule has 2 fully saturated rings. The summed E-state index contributed by atoms with van der Waals surface area (Å²) in [7, 11) is 1.65. The van der Waals surface area contributed by atoms with Crippen molar-refractivity contribution in [2.45, 2.75) is 38.6 Å². The quantitative estimate of drug-likeness (QED) is 0.0909. The first-order valence-corrected chi connectivity index (χ1v) is 16.5. The number of aromatic hydroxyl groups is 1. The summed E-state index contributed by atoms with van der Waals surface area (Å²) in [6.45, 7) is 6.04.